The zero-order valence-corrected chi connectivity index (χ0v) is 14.7. The van der Waals surface area contributed by atoms with Crippen LogP contribution in [0.1, 0.15) is 12.8 Å². The van der Waals surface area contributed by atoms with Crippen molar-refractivity contribution in [3.05, 3.63) is 32.3 Å². The van der Waals surface area contributed by atoms with Crippen LogP contribution in [0.3, 0.4) is 0 Å². The molecule has 1 fully saturated rings. The molecule has 1 aromatic carbocycles. The summed E-state index contributed by atoms with van der Waals surface area (Å²) in [5, 5.41) is 13.6. The number of hydrogen-bond donors (Lipinski definition) is 1. The van der Waals surface area contributed by atoms with Crippen molar-refractivity contribution < 1.29 is 26.5 Å². The van der Waals surface area contributed by atoms with Gasteiger partial charge < -0.3 is 5.32 Å². The Kier molecular flexibility index (Phi) is 5.71. The SMILES string of the molecule is O=[N+]([O-])c1cc(Cl)c(NC2CCN(S(=O)(=O)C(F)(F)F)CC2)c(Cl)c1. The molecule has 0 radical (unpaired) electrons. The first-order valence-corrected chi connectivity index (χ1v) is 9.09. The fourth-order valence-corrected chi connectivity index (χ4v) is 3.96. The molecule has 0 atom stereocenters. The summed E-state index contributed by atoms with van der Waals surface area (Å²) in [7, 11) is -5.35. The lowest BCUT2D eigenvalue weighted by molar-refractivity contribution is -0.384. The Hall–Kier alpha value is -1.30. The van der Waals surface area contributed by atoms with Gasteiger partial charge in [-0.1, -0.05) is 23.2 Å². The van der Waals surface area contributed by atoms with Gasteiger partial charge in [-0.05, 0) is 12.8 Å². The lowest BCUT2D eigenvalue weighted by Crippen LogP contribution is -2.47. The normalized spacial score (nSPS) is 17.5. The summed E-state index contributed by atoms with van der Waals surface area (Å²) in [4.78, 5) is 10.1. The van der Waals surface area contributed by atoms with Gasteiger partial charge in [-0.25, -0.2) is 8.42 Å². The molecular formula is C12H12Cl2F3N3O4S. The van der Waals surface area contributed by atoms with Gasteiger partial charge in [0.05, 0.1) is 20.7 Å². The zero-order chi connectivity index (χ0) is 19.0. The maximum absolute atomic E-state index is 12.5. The maximum atomic E-state index is 12.5. The van der Waals surface area contributed by atoms with Gasteiger partial charge in [0.2, 0.25) is 0 Å². The van der Waals surface area contributed by atoms with Gasteiger partial charge in [-0.2, -0.15) is 17.5 Å². The number of nitro groups is 1. The molecule has 0 aliphatic carbocycles. The second-order valence-electron chi connectivity index (χ2n) is 5.31. The van der Waals surface area contributed by atoms with Gasteiger partial charge in [-0.15, -0.1) is 0 Å². The van der Waals surface area contributed by atoms with Crippen molar-refractivity contribution in [2.75, 3.05) is 18.4 Å². The number of non-ortho nitro benzene ring substituents is 1. The Bertz CT molecular complexity index is 757. The molecule has 0 bridgehead atoms. The quantitative estimate of drug-likeness (QED) is 0.591. The van der Waals surface area contributed by atoms with Crippen molar-refractivity contribution in [3.63, 3.8) is 0 Å². The van der Waals surface area contributed by atoms with Gasteiger partial charge in [0.15, 0.2) is 0 Å². The second kappa shape index (κ2) is 7.14. The minimum Gasteiger partial charge on any atom is -0.380 e. The van der Waals surface area contributed by atoms with Crippen molar-refractivity contribution in [2.24, 2.45) is 0 Å². The molecule has 0 saturated carbocycles. The molecule has 1 saturated heterocycles. The molecule has 13 heteroatoms. The van der Waals surface area contributed by atoms with Crippen molar-refractivity contribution in [1.29, 1.82) is 0 Å². The number of anilines is 1. The molecule has 140 valence electrons. The summed E-state index contributed by atoms with van der Waals surface area (Å²) in [6.07, 6.45) is 0.192. The van der Waals surface area contributed by atoms with Crippen LogP contribution in [0, 0.1) is 10.1 Å². The van der Waals surface area contributed by atoms with E-state index >= 15 is 0 Å². The molecule has 1 aliphatic rings. The van der Waals surface area contributed by atoms with Gasteiger partial charge in [0.25, 0.3) is 5.69 Å². The number of halogens is 5. The largest absolute Gasteiger partial charge is 0.511 e. The highest BCUT2D eigenvalue weighted by Crippen LogP contribution is 2.36. The number of benzene rings is 1. The molecule has 0 amide bonds. The third kappa shape index (κ3) is 4.27. The van der Waals surface area contributed by atoms with Crippen LogP contribution in [0.2, 0.25) is 10.0 Å². The van der Waals surface area contributed by atoms with E-state index in [0.717, 1.165) is 12.1 Å². The average molecular weight is 422 g/mol. The van der Waals surface area contributed by atoms with E-state index in [2.05, 4.69) is 5.32 Å². The van der Waals surface area contributed by atoms with Crippen LogP contribution in [0.25, 0.3) is 0 Å². The molecule has 1 heterocycles. The summed E-state index contributed by atoms with van der Waals surface area (Å²) in [5.41, 5.74) is -5.42. The van der Waals surface area contributed by atoms with Gasteiger partial charge in [-0.3, -0.25) is 10.1 Å². The van der Waals surface area contributed by atoms with E-state index in [1.807, 2.05) is 0 Å². The van der Waals surface area contributed by atoms with Crippen LogP contribution in [0.4, 0.5) is 24.5 Å². The van der Waals surface area contributed by atoms with E-state index in [1.165, 1.54) is 0 Å². The van der Waals surface area contributed by atoms with Crippen molar-refractivity contribution in [2.45, 2.75) is 24.4 Å². The van der Waals surface area contributed by atoms with Crippen LogP contribution in [0.5, 0.6) is 0 Å². The van der Waals surface area contributed by atoms with Crippen LogP contribution >= 0.6 is 23.2 Å². The third-order valence-electron chi connectivity index (χ3n) is 3.67. The van der Waals surface area contributed by atoms with Crippen molar-refractivity contribution in [3.8, 4) is 0 Å². The average Bonchev–Trinajstić information content (AvgIpc) is 2.50. The standard InChI is InChI=1S/C12H12Cl2F3N3O4S/c13-9-5-8(20(21)22)6-10(14)11(9)18-7-1-3-19(4-2-7)25(23,24)12(15,16)17/h5-7,18H,1-4H2. The highest BCUT2D eigenvalue weighted by molar-refractivity contribution is 7.90. The van der Waals surface area contributed by atoms with E-state index in [0.29, 0.717) is 4.31 Å². The molecule has 1 aliphatic heterocycles. The fourth-order valence-electron chi connectivity index (χ4n) is 2.39. The van der Waals surface area contributed by atoms with E-state index < -0.39 is 20.5 Å². The Morgan fingerprint density at radius 3 is 2.08 bits per heavy atom. The summed E-state index contributed by atoms with van der Waals surface area (Å²) >= 11 is 11.9. The minimum atomic E-state index is -5.35. The van der Waals surface area contributed by atoms with Crippen LogP contribution in [-0.2, 0) is 10.0 Å². The number of alkyl halides is 3. The highest BCUT2D eigenvalue weighted by atomic mass is 35.5. The number of hydrogen-bond acceptors (Lipinski definition) is 5. The minimum absolute atomic E-state index is 0.00968. The lowest BCUT2D eigenvalue weighted by Gasteiger charge is -2.32. The van der Waals surface area contributed by atoms with E-state index in [-0.39, 0.29) is 53.4 Å². The summed E-state index contributed by atoms with van der Waals surface area (Å²) in [6, 6.07) is 1.81. The third-order valence-corrected chi connectivity index (χ3v) is 5.90. The summed E-state index contributed by atoms with van der Waals surface area (Å²) in [6.45, 7) is -0.635. The van der Waals surface area contributed by atoms with Gasteiger partial charge >= 0.3 is 15.5 Å². The molecule has 0 spiro atoms. The molecule has 0 aromatic heterocycles. The maximum Gasteiger partial charge on any atom is 0.511 e. The molecule has 1 N–H and O–H groups in total. The fraction of sp³-hybridized carbons (Fsp3) is 0.500. The summed E-state index contributed by atoms with van der Waals surface area (Å²) < 4.78 is 60.7. The number of sulfonamides is 1. The predicted molar refractivity (Wildman–Crippen MR) is 86.3 cm³/mol. The van der Waals surface area contributed by atoms with Crippen LogP contribution < -0.4 is 5.32 Å². The van der Waals surface area contributed by atoms with E-state index in [9.17, 15) is 31.7 Å². The van der Waals surface area contributed by atoms with Gasteiger partial charge in [0, 0.05) is 31.3 Å². The Morgan fingerprint density at radius 2 is 1.68 bits per heavy atom. The molecule has 7 nitrogen and oxygen atoms in total. The number of nitrogens with one attached hydrogen (secondary N) is 1. The molecule has 0 unspecified atom stereocenters. The van der Waals surface area contributed by atoms with Crippen LogP contribution in [0.15, 0.2) is 12.1 Å². The van der Waals surface area contributed by atoms with Crippen LogP contribution in [-0.4, -0.2) is 42.3 Å². The van der Waals surface area contributed by atoms with E-state index in [4.69, 9.17) is 23.2 Å². The second-order valence-corrected chi connectivity index (χ2v) is 8.05. The predicted octanol–water partition coefficient (Wildman–Crippen LogP) is 3.63. The first kappa shape index (κ1) is 20.0. The Morgan fingerprint density at radius 1 is 1.20 bits per heavy atom. The topological polar surface area (TPSA) is 92.6 Å². The number of piperidine rings is 1. The van der Waals surface area contributed by atoms with Crippen molar-refractivity contribution in [1.82, 2.24) is 4.31 Å². The monoisotopic (exact) mass is 421 g/mol. The number of rotatable bonds is 4. The summed E-state index contributed by atoms with van der Waals surface area (Å²) in [5.74, 6) is 0. The molecular weight excluding hydrogens is 410 g/mol. The van der Waals surface area contributed by atoms with Crippen molar-refractivity contribution >= 4 is 44.6 Å². The first-order chi connectivity index (χ1) is 11.4. The lowest BCUT2D eigenvalue weighted by atomic mass is 10.1. The molecule has 1 aromatic rings. The number of nitrogens with zero attached hydrogens (tertiary/aromatic N) is 2. The van der Waals surface area contributed by atoms with Gasteiger partial charge in [0.1, 0.15) is 0 Å². The smallest absolute Gasteiger partial charge is 0.380 e. The first-order valence-electron chi connectivity index (χ1n) is 6.90. The Labute approximate surface area is 150 Å². The van der Waals surface area contributed by atoms with E-state index in [1.54, 1.807) is 0 Å². The zero-order valence-electron chi connectivity index (χ0n) is 12.4. The Balaban J connectivity index is 2.07. The molecule has 2 rings (SSSR count). The highest BCUT2D eigenvalue weighted by Gasteiger charge is 2.50. The molecule has 25 heavy (non-hydrogen) atoms. The number of nitro benzene ring substituents is 1.